The Morgan fingerprint density at radius 2 is 1.05 bits per heavy atom. The first kappa shape index (κ1) is 19.4. The highest BCUT2D eigenvalue weighted by atomic mass is 32.2. The SMILES string of the molecule is CC(OS(=O)(=O)CC(F)(F)F)OS(=O)(=O)CC(F)(F)F. The van der Waals surface area contributed by atoms with Crippen molar-refractivity contribution in [2.24, 2.45) is 0 Å². The molecule has 0 atom stereocenters. The number of hydrogen-bond donors (Lipinski definition) is 0. The zero-order valence-electron chi connectivity index (χ0n) is 9.53. The van der Waals surface area contributed by atoms with Crippen LogP contribution >= 0.6 is 0 Å². The molecular formula is C6H8F6O6S2. The summed E-state index contributed by atoms with van der Waals surface area (Å²) in [6.45, 7) is 0.516. The average Bonchev–Trinajstić information content (AvgIpc) is 1.86. The molecule has 0 unspecified atom stereocenters. The Hall–Kier alpha value is -0.600. The molecule has 0 spiro atoms. The summed E-state index contributed by atoms with van der Waals surface area (Å²) in [5.41, 5.74) is 0. The topological polar surface area (TPSA) is 86.7 Å². The van der Waals surface area contributed by atoms with Gasteiger partial charge in [0, 0.05) is 0 Å². The Bertz CT molecular complexity index is 469. The van der Waals surface area contributed by atoms with Crippen LogP contribution in [0, 0.1) is 0 Å². The third-order valence-corrected chi connectivity index (χ3v) is 3.74. The number of rotatable bonds is 6. The predicted octanol–water partition coefficient (Wildman–Crippen LogP) is 1.15. The molecule has 0 heterocycles. The third-order valence-electron chi connectivity index (χ3n) is 1.25. The van der Waals surface area contributed by atoms with Crippen molar-refractivity contribution in [2.45, 2.75) is 25.6 Å². The molecule has 0 aliphatic heterocycles. The quantitative estimate of drug-likeness (QED) is 0.404. The highest BCUT2D eigenvalue weighted by Crippen LogP contribution is 2.21. The monoisotopic (exact) mass is 354 g/mol. The highest BCUT2D eigenvalue weighted by Gasteiger charge is 2.39. The average molecular weight is 354 g/mol. The van der Waals surface area contributed by atoms with E-state index in [9.17, 15) is 43.2 Å². The lowest BCUT2D eigenvalue weighted by molar-refractivity contribution is -0.109. The van der Waals surface area contributed by atoms with Crippen molar-refractivity contribution in [1.29, 1.82) is 0 Å². The van der Waals surface area contributed by atoms with E-state index in [0.29, 0.717) is 6.92 Å². The van der Waals surface area contributed by atoms with Crippen molar-refractivity contribution in [3.8, 4) is 0 Å². The van der Waals surface area contributed by atoms with Crippen molar-refractivity contribution in [2.75, 3.05) is 11.5 Å². The van der Waals surface area contributed by atoms with Gasteiger partial charge < -0.3 is 0 Å². The van der Waals surface area contributed by atoms with E-state index in [0.717, 1.165) is 0 Å². The summed E-state index contributed by atoms with van der Waals surface area (Å²) < 4.78 is 121. The minimum atomic E-state index is -5.25. The third kappa shape index (κ3) is 10.2. The predicted molar refractivity (Wildman–Crippen MR) is 51.3 cm³/mol. The second kappa shape index (κ2) is 6.03. The molecule has 0 rings (SSSR count). The second-order valence-corrected chi connectivity index (χ2v) is 6.59. The maximum absolute atomic E-state index is 11.8. The molecule has 0 saturated heterocycles. The van der Waals surface area contributed by atoms with Crippen LogP contribution in [0.4, 0.5) is 26.3 Å². The largest absolute Gasteiger partial charge is 0.405 e. The second-order valence-electron chi connectivity index (χ2n) is 3.39. The first-order chi connectivity index (χ1) is 8.52. The minimum absolute atomic E-state index is 0.516. The van der Waals surface area contributed by atoms with Crippen molar-refractivity contribution in [3.05, 3.63) is 0 Å². The number of halogens is 6. The maximum Gasteiger partial charge on any atom is 0.405 e. The normalized spacial score (nSPS) is 14.8. The lowest BCUT2D eigenvalue weighted by Crippen LogP contribution is -2.32. The molecule has 122 valence electrons. The molecule has 0 amide bonds. The van der Waals surface area contributed by atoms with Crippen LogP contribution in [0.1, 0.15) is 6.92 Å². The first-order valence-corrected chi connectivity index (χ1v) is 7.62. The Balaban J connectivity index is 4.69. The number of alkyl halides is 6. The van der Waals surface area contributed by atoms with Gasteiger partial charge in [-0.1, -0.05) is 0 Å². The maximum atomic E-state index is 11.8. The summed E-state index contributed by atoms with van der Waals surface area (Å²) in [6.07, 6.45) is -12.7. The standard InChI is InChI=1S/C6H8F6O6S2/c1-4(17-19(13,14)2-5(7,8)9)18-20(15,16)3-6(10,11)12/h4H,2-3H2,1H3. The van der Waals surface area contributed by atoms with E-state index in [4.69, 9.17) is 0 Å². The van der Waals surface area contributed by atoms with Gasteiger partial charge in [0.15, 0.2) is 17.8 Å². The van der Waals surface area contributed by atoms with Crippen LogP contribution in [0.2, 0.25) is 0 Å². The molecule has 0 radical (unpaired) electrons. The fourth-order valence-corrected chi connectivity index (χ4v) is 2.79. The van der Waals surface area contributed by atoms with Crippen molar-refractivity contribution in [3.63, 3.8) is 0 Å². The molecule has 0 saturated carbocycles. The van der Waals surface area contributed by atoms with Crippen LogP contribution in [0.5, 0.6) is 0 Å². The molecule has 0 aromatic rings. The van der Waals surface area contributed by atoms with Crippen LogP contribution < -0.4 is 0 Å². The Labute approximate surface area is 109 Å². The summed E-state index contributed by atoms with van der Waals surface area (Å²) in [5, 5.41) is 0. The molecule has 20 heavy (non-hydrogen) atoms. The van der Waals surface area contributed by atoms with Crippen molar-refractivity contribution >= 4 is 20.2 Å². The minimum Gasteiger partial charge on any atom is -0.237 e. The molecular weight excluding hydrogens is 346 g/mol. The first-order valence-electron chi connectivity index (χ1n) is 4.47. The lowest BCUT2D eigenvalue weighted by atomic mass is 10.8. The van der Waals surface area contributed by atoms with Crippen LogP contribution in [0.15, 0.2) is 0 Å². The van der Waals surface area contributed by atoms with Gasteiger partial charge in [-0.25, -0.2) is 8.37 Å². The van der Waals surface area contributed by atoms with Gasteiger partial charge in [0.2, 0.25) is 0 Å². The van der Waals surface area contributed by atoms with Gasteiger partial charge in [-0.3, -0.25) is 0 Å². The molecule has 6 nitrogen and oxygen atoms in total. The summed E-state index contributed by atoms with van der Waals surface area (Å²) in [5.74, 6) is -4.87. The van der Waals surface area contributed by atoms with E-state index in [2.05, 4.69) is 8.37 Å². The fraction of sp³-hybridized carbons (Fsp3) is 1.00. The van der Waals surface area contributed by atoms with Gasteiger partial charge in [0.25, 0.3) is 20.2 Å². The summed E-state index contributed by atoms with van der Waals surface area (Å²) >= 11 is 0. The smallest absolute Gasteiger partial charge is 0.237 e. The molecule has 0 N–H and O–H groups in total. The summed E-state index contributed by atoms with van der Waals surface area (Å²) in [6, 6.07) is 0. The van der Waals surface area contributed by atoms with Gasteiger partial charge in [0.05, 0.1) is 0 Å². The van der Waals surface area contributed by atoms with Crippen LogP contribution in [-0.4, -0.2) is 47.0 Å². The molecule has 0 fully saturated rings. The molecule has 0 aromatic heterocycles. The van der Waals surface area contributed by atoms with E-state index >= 15 is 0 Å². The molecule has 14 heteroatoms. The van der Waals surface area contributed by atoms with Crippen molar-refractivity contribution in [1.82, 2.24) is 0 Å². The molecule has 0 aliphatic rings. The van der Waals surface area contributed by atoms with E-state index in [1.807, 2.05) is 0 Å². The number of hydrogen-bond acceptors (Lipinski definition) is 6. The lowest BCUT2D eigenvalue weighted by Gasteiger charge is -2.15. The van der Waals surface area contributed by atoms with E-state index < -0.39 is 50.4 Å². The van der Waals surface area contributed by atoms with Gasteiger partial charge in [-0.05, 0) is 6.92 Å². The molecule has 0 bridgehead atoms. The van der Waals surface area contributed by atoms with Gasteiger partial charge in [-0.15, -0.1) is 0 Å². The van der Waals surface area contributed by atoms with Crippen LogP contribution in [0.25, 0.3) is 0 Å². The van der Waals surface area contributed by atoms with Gasteiger partial charge in [0.1, 0.15) is 0 Å². The van der Waals surface area contributed by atoms with E-state index in [1.165, 1.54) is 0 Å². The van der Waals surface area contributed by atoms with Gasteiger partial charge in [-0.2, -0.15) is 43.2 Å². The summed E-state index contributed by atoms with van der Waals surface area (Å²) in [7, 11) is -10.5. The zero-order chi connectivity index (χ0) is 16.4. The fourth-order valence-electron chi connectivity index (χ4n) is 0.898. The molecule has 0 aromatic carbocycles. The highest BCUT2D eigenvalue weighted by molar-refractivity contribution is 7.87. The van der Waals surface area contributed by atoms with Gasteiger partial charge >= 0.3 is 12.4 Å². The van der Waals surface area contributed by atoms with Crippen LogP contribution in [-0.2, 0) is 28.6 Å². The Morgan fingerprint density at radius 1 is 0.800 bits per heavy atom. The van der Waals surface area contributed by atoms with Crippen LogP contribution in [0.3, 0.4) is 0 Å². The Kier molecular flexibility index (Phi) is 5.85. The van der Waals surface area contributed by atoms with E-state index in [-0.39, 0.29) is 0 Å². The zero-order valence-corrected chi connectivity index (χ0v) is 11.2. The molecule has 0 aliphatic carbocycles. The Morgan fingerprint density at radius 3 is 1.25 bits per heavy atom. The summed E-state index contributed by atoms with van der Waals surface area (Å²) in [4.78, 5) is 0. The van der Waals surface area contributed by atoms with Crippen molar-refractivity contribution < 1.29 is 51.5 Å². The van der Waals surface area contributed by atoms with E-state index in [1.54, 1.807) is 0 Å².